The Bertz CT molecular complexity index is 657. The number of nitriles is 1. The molecule has 0 spiro atoms. The molecule has 0 atom stereocenters. The van der Waals surface area contributed by atoms with Crippen molar-refractivity contribution in [2.24, 2.45) is 5.11 Å². The summed E-state index contributed by atoms with van der Waals surface area (Å²) in [7, 11) is -3.57. The molecule has 0 saturated carbocycles. The number of aryl methyl sites for hydroxylation is 1. The number of benzene rings is 1. The minimum Gasteiger partial charge on any atom is -0.211 e. The summed E-state index contributed by atoms with van der Waals surface area (Å²) in [6.07, 6.45) is 1.21. The van der Waals surface area contributed by atoms with Gasteiger partial charge in [0.1, 0.15) is 0 Å². The van der Waals surface area contributed by atoms with Crippen molar-refractivity contribution < 1.29 is 8.42 Å². The molecule has 0 aromatic heterocycles. The van der Waals surface area contributed by atoms with Crippen LogP contribution in [-0.2, 0) is 10.0 Å². The van der Waals surface area contributed by atoms with Gasteiger partial charge in [-0.3, -0.25) is 0 Å². The highest BCUT2D eigenvalue weighted by Gasteiger charge is 2.16. The monoisotopic (exact) mass is 293 g/mol. The van der Waals surface area contributed by atoms with Crippen molar-refractivity contribution in [1.29, 1.82) is 5.26 Å². The van der Waals surface area contributed by atoms with Crippen molar-refractivity contribution in [1.82, 2.24) is 4.72 Å². The molecule has 0 aliphatic rings. The lowest BCUT2D eigenvalue weighted by atomic mass is 10.2. The highest BCUT2D eigenvalue weighted by atomic mass is 32.2. The lowest BCUT2D eigenvalue weighted by Gasteiger charge is -2.09. The molecule has 106 valence electrons. The first-order chi connectivity index (χ1) is 9.51. The second kappa shape index (κ2) is 7.50. The third-order valence-electron chi connectivity index (χ3n) is 2.63. The largest absolute Gasteiger partial charge is 0.240 e. The zero-order valence-corrected chi connectivity index (χ0v) is 11.9. The van der Waals surface area contributed by atoms with Crippen LogP contribution < -0.4 is 4.72 Å². The van der Waals surface area contributed by atoms with E-state index in [2.05, 4.69) is 14.7 Å². The first-order valence-corrected chi connectivity index (χ1v) is 7.51. The van der Waals surface area contributed by atoms with Gasteiger partial charge in [-0.25, -0.2) is 13.1 Å². The number of hydrogen-bond donors (Lipinski definition) is 1. The Labute approximate surface area is 117 Å². The highest BCUT2D eigenvalue weighted by molar-refractivity contribution is 7.89. The van der Waals surface area contributed by atoms with Crippen molar-refractivity contribution in [3.05, 3.63) is 39.8 Å². The number of nitrogens with zero attached hydrogens (tertiary/aromatic N) is 4. The second-order valence-electron chi connectivity index (χ2n) is 4.15. The summed E-state index contributed by atoms with van der Waals surface area (Å²) in [6.45, 7) is 2.29. The molecule has 1 N–H and O–H groups in total. The van der Waals surface area contributed by atoms with E-state index in [9.17, 15) is 8.42 Å². The van der Waals surface area contributed by atoms with E-state index in [1.54, 1.807) is 6.92 Å². The summed E-state index contributed by atoms with van der Waals surface area (Å²) in [6, 6.07) is 6.40. The van der Waals surface area contributed by atoms with Crippen LogP contribution in [0.15, 0.2) is 28.2 Å². The zero-order valence-electron chi connectivity index (χ0n) is 11.1. The Kier molecular flexibility index (Phi) is 6.00. The molecule has 8 heteroatoms. The van der Waals surface area contributed by atoms with Crippen LogP contribution in [0.5, 0.6) is 0 Å². The van der Waals surface area contributed by atoms with Gasteiger partial charge in [-0.1, -0.05) is 5.11 Å². The fourth-order valence-corrected chi connectivity index (χ4v) is 2.96. The lowest BCUT2D eigenvalue weighted by Crippen LogP contribution is -2.25. The molecule has 0 unspecified atom stereocenters. The number of rotatable bonds is 7. The second-order valence-corrected chi connectivity index (χ2v) is 5.89. The molecule has 0 aliphatic heterocycles. The number of nitrogens with one attached hydrogen (secondary N) is 1. The predicted molar refractivity (Wildman–Crippen MR) is 74.3 cm³/mol. The molecule has 1 aromatic carbocycles. The van der Waals surface area contributed by atoms with Crippen LogP contribution in [0, 0.1) is 18.3 Å². The fourth-order valence-electron chi connectivity index (χ4n) is 1.66. The van der Waals surface area contributed by atoms with Gasteiger partial charge in [-0.15, -0.1) is 0 Å². The predicted octanol–water partition coefficient (Wildman–Crippen LogP) is 2.24. The molecule has 0 amide bonds. The summed E-state index contributed by atoms with van der Waals surface area (Å²) >= 11 is 0. The summed E-state index contributed by atoms with van der Waals surface area (Å²) in [4.78, 5) is 2.79. The van der Waals surface area contributed by atoms with Crippen LogP contribution >= 0.6 is 0 Å². The minimum absolute atomic E-state index is 0.173. The molecule has 0 radical (unpaired) electrons. The number of sulfonamides is 1. The molecule has 20 heavy (non-hydrogen) atoms. The zero-order chi connectivity index (χ0) is 15.0. The third kappa shape index (κ3) is 4.55. The van der Waals surface area contributed by atoms with Gasteiger partial charge in [-0.2, -0.15) is 5.26 Å². The average molecular weight is 293 g/mol. The number of hydrogen-bond acceptors (Lipinski definition) is 4. The van der Waals surface area contributed by atoms with Crippen molar-refractivity contribution >= 4 is 10.0 Å². The molecule has 0 saturated heterocycles. The van der Waals surface area contributed by atoms with Crippen molar-refractivity contribution in [3.8, 4) is 6.07 Å². The first-order valence-electron chi connectivity index (χ1n) is 6.02. The molecule has 0 aliphatic carbocycles. The van der Waals surface area contributed by atoms with Crippen LogP contribution in [0.1, 0.15) is 24.0 Å². The summed E-state index contributed by atoms with van der Waals surface area (Å²) in [5, 5.41) is 12.1. The average Bonchev–Trinajstić information content (AvgIpc) is 2.42. The molecule has 0 bridgehead atoms. The van der Waals surface area contributed by atoms with Crippen molar-refractivity contribution in [2.45, 2.75) is 24.7 Å². The first kappa shape index (κ1) is 16.0. The van der Waals surface area contributed by atoms with E-state index >= 15 is 0 Å². The van der Waals surface area contributed by atoms with E-state index in [1.807, 2.05) is 6.07 Å². The van der Waals surface area contributed by atoms with Crippen LogP contribution in [0.4, 0.5) is 0 Å². The van der Waals surface area contributed by atoms with E-state index < -0.39 is 10.0 Å². The maximum Gasteiger partial charge on any atom is 0.240 e. The Balaban J connectivity index is 2.65. The van der Waals surface area contributed by atoms with Crippen molar-refractivity contribution in [3.63, 3.8) is 0 Å². The Morgan fingerprint density at radius 3 is 2.80 bits per heavy atom. The molecule has 0 fully saturated rings. The van der Waals surface area contributed by atoms with Gasteiger partial charge in [0.15, 0.2) is 0 Å². The van der Waals surface area contributed by atoms with E-state index in [0.29, 0.717) is 30.5 Å². The van der Waals surface area contributed by atoms with Crippen LogP contribution in [0.25, 0.3) is 10.4 Å². The molecular formula is C12H15N5O2S. The maximum atomic E-state index is 12.1. The van der Waals surface area contributed by atoms with Gasteiger partial charge in [0.05, 0.1) is 16.5 Å². The van der Waals surface area contributed by atoms with Crippen molar-refractivity contribution in [2.75, 3.05) is 13.1 Å². The van der Waals surface area contributed by atoms with Crippen LogP contribution in [0.3, 0.4) is 0 Å². The molecule has 1 aromatic rings. The SMILES string of the molecule is Cc1cc(C#N)ccc1S(=O)(=O)NCCCCN=[N+]=[N-]. The van der Waals surface area contributed by atoms with Gasteiger partial charge in [-0.05, 0) is 49.1 Å². The smallest absolute Gasteiger partial charge is 0.211 e. The van der Waals surface area contributed by atoms with E-state index in [1.165, 1.54) is 18.2 Å². The fraction of sp³-hybridized carbons (Fsp3) is 0.417. The number of unbranched alkanes of at least 4 members (excludes halogenated alkanes) is 1. The van der Waals surface area contributed by atoms with Gasteiger partial charge < -0.3 is 0 Å². The standard InChI is InChI=1S/C12H15N5O2S/c1-10-8-11(9-13)4-5-12(10)20(18,19)16-7-3-2-6-15-17-14/h4-5,8,16H,2-3,6-7H2,1H3. The summed E-state index contributed by atoms with van der Waals surface area (Å²) in [5.74, 6) is 0. The van der Waals surface area contributed by atoms with E-state index in [0.717, 1.165) is 0 Å². The van der Waals surface area contributed by atoms with Crippen LogP contribution in [0.2, 0.25) is 0 Å². The van der Waals surface area contributed by atoms with Gasteiger partial charge in [0.2, 0.25) is 10.0 Å². The van der Waals surface area contributed by atoms with E-state index in [-0.39, 0.29) is 11.4 Å². The quantitative estimate of drug-likeness (QED) is 0.359. The molecule has 7 nitrogen and oxygen atoms in total. The summed E-state index contributed by atoms with van der Waals surface area (Å²) < 4.78 is 26.6. The van der Waals surface area contributed by atoms with Crippen LogP contribution in [-0.4, -0.2) is 21.5 Å². The molecule has 1 rings (SSSR count). The number of azide groups is 1. The van der Waals surface area contributed by atoms with Gasteiger partial charge >= 0.3 is 0 Å². The Hall–Kier alpha value is -2.07. The van der Waals surface area contributed by atoms with Gasteiger partial charge in [0, 0.05) is 18.0 Å². The van der Waals surface area contributed by atoms with E-state index in [4.69, 9.17) is 10.8 Å². The maximum absolute atomic E-state index is 12.1. The lowest BCUT2D eigenvalue weighted by molar-refractivity contribution is 0.576. The molecule has 0 heterocycles. The van der Waals surface area contributed by atoms with Gasteiger partial charge in [0.25, 0.3) is 0 Å². The third-order valence-corrected chi connectivity index (χ3v) is 4.26. The Morgan fingerprint density at radius 1 is 1.45 bits per heavy atom. The topological polar surface area (TPSA) is 119 Å². The summed E-state index contributed by atoms with van der Waals surface area (Å²) in [5.41, 5.74) is 9.06. The minimum atomic E-state index is -3.57. The Morgan fingerprint density at radius 2 is 2.20 bits per heavy atom. The highest BCUT2D eigenvalue weighted by Crippen LogP contribution is 2.16. The normalized spacial score (nSPS) is 10.6. The molecular weight excluding hydrogens is 278 g/mol.